The van der Waals surface area contributed by atoms with Gasteiger partial charge in [0.25, 0.3) is 0 Å². The number of hydrogen-bond acceptors (Lipinski definition) is 5. The van der Waals surface area contributed by atoms with Gasteiger partial charge < -0.3 is 5.11 Å². The van der Waals surface area contributed by atoms with Crippen molar-refractivity contribution in [3.05, 3.63) is 29.8 Å². The molecule has 0 fully saturated rings. The van der Waals surface area contributed by atoms with Gasteiger partial charge in [-0.05, 0) is 24.1 Å². The zero-order chi connectivity index (χ0) is 14.0. The van der Waals surface area contributed by atoms with Crippen LogP contribution in [0.25, 0.3) is 0 Å². The number of hydrogen-bond donors (Lipinski definition) is 1. The zero-order valence-electron chi connectivity index (χ0n) is 10.1. The summed E-state index contributed by atoms with van der Waals surface area (Å²) in [5.74, 6) is 0. The van der Waals surface area contributed by atoms with Gasteiger partial charge in [-0.25, -0.2) is 16.8 Å². The maximum absolute atomic E-state index is 11.5. The van der Waals surface area contributed by atoms with Gasteiger partial charge in [0.05, 0.1) is 18.2 Å². The molecule has 102 valence electrons. The SMILES string of the molecule is CS(=O)(=O)N(c1ccc(CCO)cc1)S(C)(=O)=O. The van der Waals surface area contributed by atoms with Gasteiger partial charge in [-0.1, -0.05) is 12.1 Å². The van der Waals surface area contributed by atoms with E-state index < -0.39 is 20.0 Å². The van der Waals surface area contributed by atoms with Crippen molar-refractivity contribution in [2.24, 2.45) is 0 Å². The number of benzene rings is 1. The Balaban J connectivity index is 3.24. The van der Waals surface area contributed by atoms with E-state index >= 15 is 0 Å². The summed E-state index contributed by atoms with van der Waals surface area (Å²) >= 11 is 0. The van der Waals surface area contributed by atoms with E-state index in [1.807, 2.05) is 0 Å². The first kappa shape index (κ1) is 14.9. The first-order chi connectivity index (χ1) is 8.16. The molecule has 1 rings (SSSR count). The van der Waals surface area contributed by atoms with Gasteiger partial charge >= 0.3 is 0 Å². The third kappa shape index (κ3) is 3.69. The van der Waals surface area contributed by atoms with E-state index in [1.165, 1.54) is 12.1 Å². The molecule has 0 bridgehead atoms. The lowest BCUT2D eigenvalue weighted by atomic mass is 10.1. The van der Waals surface area contributed by atoms with Crippen LogP contribution in [0, 0.1) is 0 Å². The summed E-state index contributed by atoms with van der Waals surface area (Å²) in [5.41, 5.74) is 0.852. The standard InChI is InChI=1S/C10H15NO5S2/c1-17(13,14)11(18(2,15)16)10-5-3-9(4-6-10)7-8-12/h3-6,12H,7-8H2,1-2H3. The molecular weight excluding hydrogens is 278 g/mol. The molecule has 0 aliphatic carbocycles. The van der Waals surface area contributed by atoms with Gasteiger partial charge in [-0.15, -0.1) is 0 Å². The lowest BCUT2D eigenvalue weighted by Gasteiger charge is -2.19. The molecule has 1 N–H and O–H groups in total. The van der Waals surface area contributed by atoms with Crippen molar-refractivity contribution in [1.29, 1.82) is 0 Å². The minimum atomic E-state index is -3.90. The van der Waals surface area contributed by atoms with Crippen LogP contribution in [0.2, 0.25) is 0 Å². The minimum Gasteiger partial charge on any atom is -0.396 e. The van der Waals surface area contributed by atoms with Crippen molar-refractivity contribution in [2.75, 3.05) is 22.8 Å². The highest BCUT2D eigenvalue weighted by Gasteiger charge is 2.26. The largest absolute Gasteiger partial charge is 0.396 e. The molecule has 0 aliphatic rings. The van der Waals surface area contributed by atoms with Gasteiger partial charge in [0.2, 0.25) is 20.0 Å². The van der Waals surface area contributed by atoms with Gasteiger partial charge in [-0.3, -0.25) is 0 Å². The Morgan fingerprint density at radius 2 is 1.44 bits per heavy atom. The van der Waals surface area contributed by atoms with Crippen LogP contribution >= 0.6 is 0 Å². The predicted molar refractivity (Wildman–Crippen MR) is 69.4 cm³/mol. The zero-order valence-corrected chi connectivity index (χ0v) is 11.7. The predicted octanol–water partition coefficient (Wildman–Crippen LogP) is -0.0530. The molecule has 8 heteroatoms. The third-order valence-electron chi connectivity index (χ3n) is 2.15. The minimum absolute atomic E-state index is 0.0266. The Morgan fingerprint density at radius 1 is 1.00 bits per heavy atom. The van der Waals surface area contributed by atoms with Crippen LogP contribution in [0.3, 0.4) is 0 Å². The number of anilines is 1. The van der Waals surface area contributed by atoms with Crippen molar-refractivity contribution < 1.29 is 21.9 Å². The molecule has 0 saturated heterocycles. The van der Waals surface area contributed by atoms with E-state index in [-0.39, 0.29) is 12.3 Å². The van der Waals surface area contributed by atoms with Crippen LogP contribution in [0.4, 0.5) is 5.69 Å². The Hall–Kier alpha value is -1.12. The number of sulfonamides is 2. The third-order valence-corrected chi connectivity index (χ3v) is 5.40. The highest BCUT2D eigenvalue weighted by Crippen LogP contribution is 2.21. The highest BCUT2D eigenvalue weighted by atomic mass is 32.3. The van der Waals surface area contributed by atoms with Crippen LogP contribution in [0.5, 0.6) is 0 Å². The van der Waals surface area contributed by atoms with E-state index in [0.29, 0.717) is 10.1 Å². The molecule has 1 aromatic rings. The number of aliphatic hydroxyl groups excluding tert-OH is 1. The molecular formula is C10H15NO5S2. The number of rotatable bonds is 5. The Labute approximate surface area is 107 Å². The van der Waals surface area contributed by atoms with Gasteiger partial charge in [0.15, 0.2) is 0 Å². The first-order valence-electron chi connectivity index (χ1n) is 5.06. The lowest BCUT2D eigenvalue weighted by molar-refractivity contribution is 0.299. The number of aliphatic hydroxyl groups is 1. The fraction of sp³-hybridized carbons (Fsp3) is 0.400. The Morgan fingerprint density at radius 3 is 1.78 bits per heavy atom. The molecule has 0 unspecified atom stereocenters. The summed E-state index contributed by atoms with van der Waals surface area (Å²) in [6.45, 7) is -0.0266. The van der Waals surface area contributed by atoms with Crippen LogP contribution in [0.1, 0.15) is 5.56 Å². The normalized spacial score (nSPS) is 12.4. The van der Waals surface area contributed by atoms with Crippen LogP contribution < -0.4 is 3.71 Å². The molecule has 18 heavy (non-hydrogen) atoms. The molecule has 0 heterocycles. The van der Waals surface area contributed by atoms with Gasteiger partial charge in [0.1, 0.15) is 0 Å². The monoisotopic (exact) mass is 293 g/mol. The topological polar surface area (TPSA) is 91.8 Å². The second-order valence-corrected chi connectivity index (χ2v) is 7.76. The van der Waals surface area contributed by atoms with E-state index in [9.17, 15) is 16.8 Å². The van der Waals surface area contributed by atoms with E-state index in [0.717, 1.165) is 18.1 Å². The molecule has 1 aromatic carbocycles. The van der Waals surface area contributed by atoms with Crippen molar-refractivity contribution in [1.82, 2.24) is 0 Å². The van der Waals surface area contributed by atoms with Gasteiger partial charge in [-0.2, -0.15) is 3.71 Å². The van der Waals surface area contributed by atoms with Crippen LogP contribution in [0.15, 0.2) is 24.3 Å². The summed E-state index contributed by atoms with van der Waals surface area (Å²) in [4.78, 5) is 0. The van der Waals surface area contributed by atoms with E-state index in [1.54, 1.807) is 12.1 Å². The summed E-state index contributed by atoms with van der Waals surface area (Å²) in [5, 5.41) is 8.75. The molecule has 6 nitrogen and oxygen atoms in total. The number of nitrogens with zero attached hydrogens (tertiary/aromatic N) is 1. The molecule has 0 atom stereocenters. The Kier molecular flexibility index (Phi) is 4.36. The quantitative estimate of drug-likeness (QED) is 0.821. The molecule has 0 spiro atoms. The van der Waals surface area contributed by atoms with Crippen molar-refractivity contribution >= 4 is 25.7 Å². The highest BCUT2D eigenvalue weighted by molar-refractivity contribution is 8.09. The second kappa shape index (κ2) is 5.25. The second-order valence-electron chi connectivity index (χ2n) is 3.86. The lowest BCUT2D eigenvalue weighted by Crippen LogP contribution is -2.35. The fourth-order valence-corrected chi connectivity index (χ4v) is 4.52. The smallest absolute Gasteiger partial charge is 0.245 e. The fourth-order valence-electron chi connectivity index (χ4n) is 1.54. The molecule has 0 saturated carbocycles. The average Bonchev–Trinajstić information content (AvgIpc) is 2.17. The van der Waals surface area contributed by atoms with E-state index in [2.05, 4.69) is 0 Å². The summed E-state index contributed by atoms with van der Waals surface area (Å²) < 4.78 is 46.4. The Bertz CT molecular complexity index is 572. The average molecular weight is 293 g/mol. The van der Waals surface area contributed by atoms with Crippen LogP contribution in [-0.4, -0.2) is 41.1 Å². The van der Waals surface area contributed by atoms with Crippen molar-refractivity contribution in [3.8, 4) is 0 Å². The summed E-state index contributed by atoms with van der Waals surface area (Å²) in [6, 6.07) is 5.95. The first-order valence-corrected chi connectivity index (χ1v) is 8.76. The summed E-state index contributed by atoms with van der Waals surface area (Å²) in [6.07, 6.45) is 2.09. The maximum Gasteiger partial charge on any atom is 0.245 e. The van der Waals surface area contributed by atoms with Crippen molar-refractivity contribution in [2.45, 2.75) is 6.42 Å². The summed E-state index contributed by atoms with van der Waals surface area (Å²) in [7, 11) is -7.81. The van der Waals surface area contributed by atoms with Gasteiger partial charge in [0, 0.05) is 6.61 Å². The molecule has 0 aliphatic heterocycles. The molecule has 0 aromatic heterocycles. The van der Waals surface area contributed by atoms with E-state index in [4.69, 9.17) is 5.11 Å². The molecule has 0 radical (unpaired) electrons. The van der Waals surface area contributed by atoms with Crippen molar-refractivity contribution in [3.63, 3.8) is 0 Å². The maximum atomic E-state index is 11.5. The molecule has 0 amide bonds. The van der Waals surface area contributed by atoms with Crippen LogP contribution in [-0.2, 0) is 26.5 Å².